The maximum Gasteiger partial charge on any atom is 0.0574 e. The second-order valence-corrected chi connectivity index (χ2v) is 5.30. The van der Waals surface area contributed by atoms with Crippen molar-refractivity contribution in [3.8, 4) is 0 Å². The topological polar surface area (TPSA) is 20.2 Å². The van der Waals surface area contributed by atoms with E-state index in [0.29, 0.717) is 11.8 Å². The summed E-state index contributed by atoms with van der Waals surface area (Å²) in [7, 11) is 0. The van der Waals surface area contributed by atoms with Gasteiger partial charge in [-0.05, 0) is 31.1 Å². The quantitative estimate of drug-likeness (QED) is 0.682. The van der Waals surface area contributed by atoms with Crippen LogP contribution < -0.4 is 0 Å². The molecule has 0 amide bonds. The zero-order valence-electron chi connectivity index (χ0n) is 9.16. The average Bonchev–Trinajstić information content (AvgIpc) is 2.60. The minimum atomic E-state index is -0.187. The van der Waals surface area contributed by atoms with Crippen LogP contribution in [0.3, 0.4) is 0 Å². The standard InChI is InChI=1S/C13H20O/c1-9(2)12(14)8-13-5-4-11(7-13)6-10(13)3/h4-5,9,11-12,14H,3,6-8H2,1-2H3/t11-,12+,13-/m1/s1. The highest BCUT2D eigenvalue weighted by molar-refractivity contribution is 5.33. The SMILES string of the molecule is C=C1C[C@H]2C=C[C@]1(C[C@H](O)C(C)C)C2. The summed E-state index contributed by atoms with van der Waals surface area (Å²) >= 11 is 0. The predicted molar refractivity (Wildman–Crippen MR) is 58.9 cm³/mol. The molecule has 0 saturated heterocycles. The molecule has 2 rings (SSSR count). The third kappa shape index (κ3) is 1.44. The van der Waals surface area contributed by atoms with E-state index in [9.17, 15) is 5.11 Å². The van der Waals surface area contributed by atoms with Crippen LogP contribution in [-0.2, 0) is 0 Å². The second kappa shape index (κ2) is 3.23. The zero-order valence-corrected chi connectivity index (χ0v) is 9.16. The lowest BCUT2D eigenvalue weighted by molar-refractivity contribution is 0.0897. The van der Waals surface area contributed by atoms with E-state index in [4.69, 9.17) is 0 Å². The molecule has 0 radical (unpaired) electrons. The molecule has 1 heteroatoms. The van der Waals surface area contributed by atoms with Crippen LogP contribution in [-0.4, -0.2) is 11.2 Å². The van der Waals surface area contributed by atoms with Gasteiger partial charge >= 0.3 is 0 Å². The molecule has 0 aromatic heterocycles. The van der Waals surface area contributed by atoms with Crippen molar-refractivity contribution in [1.29, 1.82) is 0 Å². The first-order valence-corrected chi connectivity index (χ1v) is 5.59. The van der Waals surface area contributed by atoms with Crippen molar-refractivity contribution in [2.75, 3.05) is 0 Å². The highest BCUT2D eigenvalue weighted by Gasteiger charge is 2.44. The van der Waals surface area contributed by atoms with Gasteiger partial charge in [0, 0.05) is 5.41 Å². The first kappa shape index (κ1) is 9.97. The van der Waals surface area contributed by atoms with E-state index in [0.717, 1.165) is 12.8 Å². The summed E-state index contributed by atoms with van der Waals surface area (Å²) in [6.45, 7) is 8.32. The van der Waals surface area contributed by atoms with Crippen LogP contribution in [0.5, 0.6) is 0 Å². The van der Waals surface area contributed by atoms with Gasteiger partial charge in [0.15, 0.2) is 0 Å². The molecule has 3 atom stereocenters. The van der Waals surface area contributed by atoms with Gasteiger partial charge in [0.2, 0.25) is 0 Å². The molecule has 0 spiro atoms. The lowest BCUT2D eigenvalue weighted by Gasteiger charge is -2.30. The van der Waals surface area contributed by atoms with Crippen molar-refractivity contribution in [1.82, 2.24) is 0 Å². The van der Waals surface area contributed by atoms with Crippen molar-refractivity contribution in [3.05, 3.63) is 24.3 Å². The van der Waals surface area contributed by atoms with Gasteiger partial charge < -0.3 is 5.11 Å². The molecular weight excluding hydrogens is 172 g/mol. The number of aliphatic hydroxyl groups excluding tert-OH is 1. The summed E-state index contributed by atoms with van der Waals surface area (Å²) in [5.74, 6) is 1.06. The number of allylic oxidation sites excluding steroid dienone is 3. The number of rotatable bonds is 3. The van der Waals surface area contributed by atoms with Gasteiger partial charge in [0.25, 0.3) is 0 Å². The third-order valence-corrected chi connectivity index (χ3v) is 3.87. The normalized spacial score (nSPS) is 37.1. The van der Waals surface area contributed by atoms with E-state index in [1.54, 1.807) is 0 Å². The van der Waals surface area contributed by atoms with Crippen LogP contribution in [0.4, 0.5) is 0 Å². The van der Waals surface area contributed by atoms with Crippen molar-refractivity contribution in [2.45, 2.75) is 39.2 Å². The third-order valence-electron chi connectivity index (χ3n) is 3.87. The first-order chi connectivity index (χ1) is 6.53. The molecule has 0 aromatic carbocycles. The Hall–Kier alpha value is -0.560. The minimum Gasteiger partial charge on any atom is -0.393 e. The van der Waals surface area contributed by atoms with E-state index >= 15 is 0 Å². The molecule has 0 heterocycles. The number of hydrogen-bond acceptors (Lipinski definition) is 1. The first-order valence-electron chi connectivity index (χ1n) is 5.59. The summed E-state index contributed by atoms with van der Waals surface area (Å²) in [6.07, 6.45) is 7.61. The average molecular weight is 192 g/mol. The van der Waals surface area contributed by atoms with Crippen molar-refractivity contribution in [2.24, 2.45) is 17.3 Å². The molecule has 2 aliphatic rings. The summed E-state index contributed by atoms with van der Waals surface area (Å²) in [4.78, 5) is 0. The Morgan fingerprint density at radius 1 is 1.64 bits per heavy atom. The fraction of sp³-hybridized carbons (Fsp3) is 0.692. The monoisotopic (exact) mass is 192 g/mol. The summed E-state index contributed by atoms with van der Waals surface area (Å²) in [6, 6.07) is 0. The molecule has 2 aliphatic carbocycles. The number of aliphatic hydroxyl groups is 1. The van der Waals surface area contributed by atoms with E-state index < -0.39 is 0 Å². The summed E-state index contributed by atoms with van der Waals surface area (Å²) in [5, 5.41) is 9.94. The van der Waals surface area contributed by atoms with Gasteiger partial charge in [-0.2, -0.15) is 0 Å². The lowest BCUT2D eigenvalue weighted by atomic mass is 9.77. The Labute approximate surface area is 86.5 Å². The number of hydrogen-bond donors (Lipinski definition) is 1. The van der Waals surface area contributed by atoms with Crippen LogP contribution in [0.1, 0.15) is 33.1 Å². The van der Waals surface area contributed by atoms with E-state index in [1.807, 2.05) is 0 Å². The molecule has 0 aromatic rings. The smallest absolute Gasteiger partial charge is 0.0574 e. The zero-order chi connectivity index (χ0) is 10.3. The van der Waals surface area contributed by atoms with E-state index in [-0.39, 0.29) is 11.5 Å². The van der Waals surface area contributed by atoms with Gasteiger partial charge in [-0.25, -0.2) is 0 Å². The predicted octanol–water partition coefficient (Wildman–Crippen LogP) is 2.92. The highest BCUT2D eigenvalue weighted by Crippen LogP contribution is 2.55. The van der Waals surface area contributed by atoms with Gasteiger partial charge in [0.05, 0.1) is 6.10 Å². The van der Waals surface area contributed by atoms with Crippen LogP contribution in [0, 0.1) is 17.3 Å². The Balaban J connectivity index is 2.10. The molecule has 14 heavy (non-hydrogen) atoms. The Morgan fingerprint density at radius 2 is 2.36 bits per heavy atom. The minimum absolute atomic E-state index is 0.147. The fourth-order valence-electron chi connectivity index (χ4n) is 2.75. The van der Waals surface area contributed by atoms with Crippen molar-refractivity contribution < 1.29 is 5.11 Å². The molecule has 1 fully saturated rings. The maximum atomic E-state index is 9.94. The summed E-state index contributed by atoms with van der Waals surface area (Å²) < 4.78 is 0. The Kier molecular flexibility index (Phi) is 2.30. The van der Waals surface area contributed by atoms with Gasteiger partial charge in [-0.15, -0.1) is 0 Å². The van der Waals surface area contributed by atoms with Crippen molar-refractivity contribution >= 4 is 0 Å². The molecule has 0 aliphatic heterocycles. The van der Waals surface area contributed by atoms with E-state index in [2.05, 4.69) is 32.6 Å². The Bertz CT molecular complexity index is 277. The largest absolute Gasteiger partial charge is 0.393 e. The van der Waals surface area contributed by atoms with Crippen molar-refractivity contribution in [3.63, 3.8) is 0 Å². The second-order valence-electron chi connectivity index (χ2n) is 5.30. The van der Waals surface area contributed by atoms with Gasteiger partial charge in [0.1, 0.15) is 0 Å². The lowest BCUT2D eigenvalue weighted by Crippen LogP contribution is -2.26. The van der Waals surface area contributed by atoms with Crippen LogP contribution in [0.15, 0.2) is 24.3 Å². The van der Waals surface area contributed by atoms with E-state index in [1.165, 1.54) is 12.0 Å². The molecule has 0 unspecified atom stereocenters. The maximum absolute atomic E-state index is 9.94. The molecule has 1 N–H and O–H groups in total. The summed E-state index contributed by atoms with van der Waals surface area (Å²) in [5.41, 5.74) is 1.48. The van der Waals surface area contributed by atoms with Crippen LogP contribution in [0.25, 0.3) is 0 Å². The molecule has 2 bridgehead atoms. The molecular formula is C13H20O. The van der Waals surface area contributed by atoms with Gasteiger partial charge in [-0.1, -0.05) is 38.2 Å². The van der Waals surface area contributed by atoms with Gasteiger partial charge in [-0.3, -0.25) is 0 Å². The highest BCUT2D eigenvalue weighted by atomic mass is 16.3. The Morgan fingerprint density at radius 3 is 2.79 bits per heavy atom. The molecule has 78 valence electrons. The fourth-order valence-corrected chi connectivity index (χ4v) is 2.75. The molecule has 1 saturated carbocycles. The number of fused-ring (bicyclic) bond motifs is 2. The van der Waals surface area contributed by atoms with Crippen LogP contribution in [0.2, 0.25) is 0 Å². The molecule has 1 nitrogen and oxygen atoms in total. The van der Waals surface area contributed by atoms with Crippen LogP contribution >= 0.6 is 0 Å².